The molecule has 0 atom stereocenters. The van der Waals surface area contributed by atoms with Gasteiger partial charge in [0, 0.05) is 17.9 Å². The quantitative estimate of drug-likeness (QED) is 0.571. The molecule has 0 aliphatic rings. The van der Waals surface area contributed by atoms with E-state index in [2.05, 4.69) is 10.6 Å². The molecular formula is C20H24N2O3S. The maximum atomic E-state index is 12.3. The Morgan fingerprint density at radius 3 is 2.50 bits per heavy atom. The molecule has 0 unspecified atom stereocenters. The van der Waals surface area contributed by atoms with Crippen molar-refractivity contribution >= 4 is 28.9 Å². The van der Waals surface area contributed by atoms with Crippen molar-refractivity contribution in [3.8, 4) is 5.75 Å². The van der Waals surface area contributed by atoms with Crippen LogP contribution >= 0.6 is 12.2 Å². The number of ether oxygens (including phenoxy) is 2. The summed E-state index contributed by atoms with van der Waals surface area (Å²) in [5, 5.41) is 6.02. The Labute approximate surface area is 159 Å². The summed E-state index contributed by atoms with van der Waals surface area (Å²) >= 11 is 5.24. The van der Waals surface area contributed by atoms with Crippen molar-refractivity contribution in [3.63, 3.8) is 0 Å². The Balaban J connectivity index is 1.88. The predicted octanol–water partition coefficient (Wildman–Crippen LogP) is 3.85. The second kappa shape index (κ2) is 9.89. The zero-order valence-electron chi connectivity index (χ0n) is 15.3. The molecule has 0 fully saturated rings. The Morgan fingerprint density at radius 2 is 1.81 bits per heavy atom. The van der Waals surface area contributed by atoms with Gasteiger partial charge in [-0.1, -0.05) is 12.1 Å². The first-order valence-corrected chi connectivity index (χ1v) is 8.91. The standard InChI is InChI=1S/C20H24N2O3S/c1-4-24-12-13-25-17-10-8-16(9-11-17)19(23)22-20(26)21-18-7-5-6-14(2)15(18)3/h5-11H,4,12-13H2,1-3H3,(H2,21,22,23,26). The monoisotopic (exact) mass is 372 g/mol. The van der Waals surface area contributed by atoms with E-state index in [9.17, 15) is 4.79 Å². The molecule has 0 radical (unpaired) electrons. The minimum Gasteiger partial charge on any atom is -0.491 e. The highest BCUT2D eigenvalue weighted by Crippen LogP contribution is 2.18. The second-order valence-electron chi connectivity index (χ2n) is 5.73. The van der Waals surface area contributed by atoms with Crippen LogP contribution in [-0.4, -0.2) is 30.8 Å². The van der Waals surface area contributed by atoms with Gasteiger partial charge in [-0.25, -0.2) is 0 Å². The Kier molecular flexibility index (Phi) is 7.56. The average Bonchev–Trinajstić information content (AvgIpc) is 2.63. The highest BCUT2D eigenvalue weighted by Gasteiger charge is 2.09. The molecule has 0 aliphatic heterocycles. The van der Waals surface area contributed by atoms with Gasteiger partial charge in [-0.2, -0.15) is 0 Å². The lowest BCUT2D eigenvalue weighted by atomic mass is 10.1. The summed E-state index contributed by atoms with van der Waals surface area (Å²) in [6.07, 6.45) is 0. The third kappa shape index (κ3) is 5.82. The van der Waals surface area contributed by atoms with Crippen LogP contribution < -0.4 is 15.4 Å². The van der Waals surface area contributed by atoms with Crippen LogP contribution in [0.4, 0.5) is 5.69 Å². The van der Waals surface area contributed by atoms with Crippen molar-refractivity contribution in [1.82, 2.24) is 5.32 Å². The van der Waals surface area contributed by atoms with Crippen LogP contribution in [0.3, 0.4) is 0 Å². The first kappa shape index (κ1) is 19.9. The zero-order chi connectivity index (χ0) is 18.9. The SMILES string of the molecule is CCOCCOc1ccc(C(=O)NC(=S)Nc2cccc(C)c2C)cc1. The van der Waals surface area contributed by atoms with Gasteiger partial charge in [0.05, 0.1) is 6.61 Å². The van der Waals surface area contributed by atoms with Crippen LogP contribution in [0.1, 0.15) is 28.4 Å². The minimum atomic E-state index is -0.270. The number of thiocarbonyl (C=S) groups is 1. The average molecular weight is 372 g/mol. The van der Waals surface area contributed by atoms with Gasteiger partial charge in [0.2, 0.25) is 0 Å². The van der Waals surface area contributed by atoms with E-state index >= 15 is 0 Å². The number of nitrogens with one attached hydrogen (secondary N) is 2. The van der Waals surface area contributed by atoms with Gasteiger partial charge in [-0.15, -0.1) is 0 Å². The molecule has 26 heavy (non-hydrogen) atoms. The van der Waals surface area contributed by atoms with Crippen molar-refractivity contribution in [3.05, 3.63) is 59.2 Å². The largest absolute Gasteiger partial charge is 0.491 e. The van der Waals surface area contributed by atoms with Crippen molar-refractivity contribution in [2.24, 2.45) is 0 Å². The topological polar surface area (TPSA) is 59.6 Å². The highest BCUT2D eigenvalue weighted by atomic mass is 32.1. The summed E-state index contributed by atoms with van der Waals surface area (Å²) in [6.45, 7) is 7.65. The summed E-state index contributed by atoms with van der Waals surface area (Å²) in [5.74, 6) is 0.422. The fraction of sp³-hybridized carbons (Fsp3) is 0.300. The maximum absolute atomic E-state index is 12.3. The van der Waals surface area contributed by atoms with E-state index < -0.39 is 0 Å². The third-order valence-corrected chi connectivity index (χ3v) is 4.10. The van der Waals surface area contributed by atoms with Crippen LogP contribution in [0, 0.1) is 13.8 Å². The molecule has 2 aromatic rings. The first-order chi connectivity index (χ1) is 12.5. The molecule has 0 spiro atoms. The molecule has 6 heteroatoms. The lowest BCUT2D eigenvalue weighted by Gasteiger charge is -2.13. The van der Waals surface area contributed by atoms with E-state index in [4.69, 9.17) is 21.7 Å². The molecule has 2 N–H and O–H groups in total. The smallest absolute Gasteiger partial charge is 0.257 e. The van der Waals surface area contributed by atoms with Crippen molar-refractivity contribution in [2.75, 3.05) is 25.1 Å². The molecule has 0 saturated heterocycles. The lowest BCUT2D eigenvalue weighted by Crippen LogP contribution is -2.34. The number of aryl methyl sites for hydroxylation is 1. The second-order valence-corrected chi connectivity index (χ2v) is 6.13. The van der Waals surface area contributed by atoms with Crippen LogP contribution in [0.25, 0.3) is 0 Å². The Bertz CT molecular complexity index is 760. The molecule has 0 bridgehead atoms. The summed E-state index contributed by atoms with van der Waals surface area (Å²) in [5.41, 5.74) is 3.64. The van der Waals surface area contributed by atoms with Crippen LogP contribution in [0.5, 0.6) is 5.75 Å². The normalized spacial score (nSPS) is 10.3. The van der Waals surface area contributed by atoms with Crippen molar-refractivity contribution in [1.29, 1.82) is 0 Å². The zero-order valence-corrected chi connectivity index (χ0v) is 16.1. The highest BCUT2D eigenvalue weighted by molar-refractivity contribution is 7.80. The molecule has 1 amide bonds. The van der Waals surface area contributed by atoms with E-state index in [-0.39, 0.29) is 11.0 Å². The summed E-state index contributed by atoms with van der Waals surface area (Å²) in [7, 11) is 0. The number of carbonyl (C=O) groups is 1. The number of hydrogen-bond donors (Lipinski definition) is 2. The molecule has 5 nitrogen and oxygen atoms in total. The van der Waals surface area contributed by atoms with Crippen LogP contribution in [-0.2, 0) is 4.74 Å². The fourth-order valence-corrected chi connectivity index (χ4v) is 2.48. The van der Waals surface area contributed by atoms with Gasteiger partial charge in [0.25, 0.3) is 5.91 Å². The third-order valence-electron chi connectivity index (χ3n) is 3.90. The van der Waals surface area contributed by atoms with Gasteiger partial charge in [0.15, 0.2) is 5.11 Å². The first-order valence-electron chi connectivity index (χ1n) is 8.50. The summed E-state index contributed by atoms with van der Waals surface area (Å²) < 4.78 is 10.7. The number of carbonyl (C=O) groups excluding carboxylic acids is 1. The summed E-state index contributed by atoms with van der Waals surface area (Å²) in [4.78, 5) is 12.3. The number of benzene rings is 2. The molecule has 2 rings (SSSR count). The predicted molar refractivity (Wildman–Crippen MR) is 108 cm³/mol. The molecule has 2 aromatic carbocycles. The Hall–Kier alpha value is -2.44. The van der Waals surface area contributed by atoms with E-state index in [1.54, 1.807) is 24.3 Å². The molecule has 0 saturated carbocycles. The van der Waals surface area contributed by atoms with Gasteiger partial charge in [-0.05, 0) is 74.4 Å². The van der Waals surface area contributed by atoms with Crippen molar-refractivity contribution in [2.45, 2.75) is 20.8 Å². The lowest BCUT2D eigenvalue weighted by molar-refractivity contribution is 0.0977. The van der Waals surface area contributed by atoms with E-state index in [0.717, 1.165) is 16.8 Å². The Morgan fingerprint density at radius 1 is 1.08 bits per heavy atom. The van der Waals surface area contributed by atoms with Gasteiger partial charge in [-0.3, -0.25) is 10.1 Å². The van der Waals surface area contributed by atoms with E-state index in [1.165, 1.54) is 0 Å². The van der Waals surface area contributed by atoms with E-state index in [0.29, 0.717) is 31.1 Å². The molecule has 138 valence electrons. The van der Waals surface area contributed by atoms with Crippen LogP contribution in [0.15, 0.2) is 42.5 Å². The van der Waals surface area contributed by atoms with Gasteiger partial charge >= 0.3 is 0 Å². The molecule has 0 aliphatic carbocycles. The number of anilines is 1. The number of hydrogen-bond acceptors (Lipinski definition) is 4. The van der Waals surface area contributed by atoms with Gasteiger partial charge < -0.3 is 14.8 Å². The molecule has 0 heterocycles. The summed E-state index contributed by atoms with van der Waals surface area (Å²) in [6, 6.07) is 12.8. The fourth-order valence-electron chi connectivity index (χ4n) is 2.28. The molecular weight excluding hydrogens is 348 g/mol. The molecule has 0 aromatic heterocycles. The van der Waals surface area contributed by atoms with Crippen LogP contribution in [0.2, 0.25) is 0 Å². The minimum absolute atomic E-state index is 0.265. The van der Waals surface area contributed by atoms with E-state index in [1.807, 2.05) is 39.0 Å². The number of rotatable bonds is 7. The van der Waals surface area contributed by atoms with Crippen molar-refractivity contribution < 1.29 is 14.3 Å². The number of amides is 1. The van der Waals surface area contributed by atoms with Gasteiger partial charge in [0.1, 0.15) is 12.4 Å². The maximum Gasteiger partial charge on any atom is 0.257 e.